The van der Waals surface area contributed by atoms with Crippen molar-refractivity contribution in [1.29, 1.82) is 5.39 Å². The van der Waals surface area contributed by atoms with Gasteiger partial charge in [-0.25, -0.2) is 4.79 Å². The standard InChI is InChI=1S/C9H8N2O2/c1-5-3-6(2)8(11-10)7(4-5)9(12)13/h3-4H,1-2H3/p+1. The molecule has 0 bridgehead atoms. The van der Waals surface area contributed by atoms with Crippen LogP contribution < -0.4 is 0 Å². The van der Waals surface area contributed by atoms with E-state index in [0.29, 0.717) is 5.56 Å². The van der Waals surface area contributed by atoms with E-state index in [4.69, 9.17) is 10.5 Å². The first-order valence-corrected chi connectivity index (χ1v) is 3.76. The van der Waals surface area contributed by atoms with Crippen molar-refractivity contribution in [2.24, 2.45) is 0 Å². The van der Waals surface area contributed by atoms with Crippen molar-refractivity contribution in [3.05, 3.63) is 33.8 Å². The van der Waals surface area contributed by atoms with E-state index >= 15 is 0 Å². The minimum absolute atomic E-state index is 0.0278. The highest BCUT2D eigenvalue weighted by atomic mass is 16.4. The Morgan fingerprint density at radius 2 is 2.08 bits per heavy atom. The Morgan fingerprint density at radius 1 is 1.46 bits per heavy atom. The highest BCUT2D eigenvalue weighted by Crippen LogP contribution is 2.25. The number of aryl methyl sites for hydroxylation is 2. The average molecular weight is 177 g/mol. The van der Waals surface area contributed by atoms with Gasteiger partial charge >= 0.3 is 11.7 Å². The zero-order valence-electron chi connectivity index (χ0n) is 7.40. The normalized spacial score (nSPS) is 9.31. The van der Waals surface area contributed by atoms with Gasteiger partial charge in [-0.05, 0) is 31.5 Å². The van der Waals surface area contributed by atoms with Crippen LogP contribution in [0.3, 0.4) is 0 Å². The lowest BCUT2D eigenvalue weighted by molar-refractivity contribution is 0.0698. The van der Waals surface area contributed by atoms with Crippen molar-refractivity contribution >= 4 is 11.7 Å². The molecule has 0 aromatic heterocycles. The number of hydrogen-bond acceptors (Lipinski definition) is 2. The molecule has 1 aromatic rings. The number of nitrogens with zero attached hydrogens (tertiary/aromatic N) is 2. The molecule has 0 aliphatic heterocycles. The van der Waals surface area contributed by atoms with E-state index in [1.165, 1.54) is 6.07 Å². The molecular weight excluding hydrogens is 168 g/mol. The van der Waals surface area contributed by atoms with Crippen molar-refractivity contribution in [2.75, 3.05) is 0 Å². The molecule has 0 atom stereocenters. The molecule has 0 heterocycles. The van der Waals surface area contributed by atoms with Crippen LogP contribution in [-0.2, 0) is 0 Å². The molecule has 4 heteroatoms. The second kappa shape index (κ2) is 3.23. The Bertz CT molecular complexity index is 405. The van der Waals surface area contributed by atoms with E-state index < -0.39 is 5.97 Å². The Kier molecular flexibility index (Phi) is 2.29. The van der Waals surface area contributed by atoms with Gasteiger partial charge in [-0.3, -0.25) is 0 Å². The zero-order valence-corrected chi connectivity index (χ0v) is 7.40. The topological polar surface area (TPSA) is 65.5 Å². The number of benzene rings is 1. The number of carboxylic acids is 1. The van der Waals surface area contributed by atoms with Crippen LogP contribution in [0.5, 0.6) is 0 Å². The third-order valence-corrected chi connectivity index (χ3v) is 1.78. The van der Waals surface area contributed by atoms with E-state index in [0.717, 1.165) is 5.56 Å². The second-order valence-electron chi connectivity index (χ2n) is 2.88. The molecule has 4 nitrogen and oxygen atoms in total. The summed E-state index contributed by atoms with van der Waals surface area (Å²) in [6.07, 6.45) is 0. The van der Waals surface area contributed by atoms with Crippen LogP contribution in [0.25, 0.3) is 4.98 Å². The van der Waals surface area contributed by atoms with E-state index in [2.05, 4.69) is 4.98 Å². The molecule has 0 saturated heterocycles. The fourth-order valence-corrected chi connectivity index (χ4v) is 1.26. The number of hydrogen-bond donors (Lipinski definition) is 1. The minimum atomic E-state index is -1.08. The summed E-state index contributed by atoms with van der Waals surface area (Å²) in [5.74, 6) is -1.08. The molecule has 0 aliphatic carbocycles. The summed E-state index contributed by atoms with van der Waals surface area (Å²) in [7, 11) is 0. The van der Waals surface area contributed by atoms with Crippen LogP contribution in [0, 0.1) is 19.2 Å². The summed E-state index contributed by atoms with van der Waals surface area (Å²) in [6, 6.07) is 3.24. The lowest BCUT2D eigenvalue weighted by Crippen LogP contribution is -1.98. The molecule has 1 rings (SSSR count). The van der Waals surface area contributed by atoms with E-state index in [9.17, 15) is 4.79 Å². The second-order valence-corrected chi connectivity index (χ2v) is 2.88. The number of aromatic carboxylic acids is 1. The molecule has 0 saturated carbocycles. The Hall–Kier alpha value is -1.89. The van der Waals surface area contributed by atoms with Gasteiger partial charge in [0.25, 0.3) is 0 Å². The maximum atomic E-state index is 10.7. The van der Waals surface area contributed by atoms with E-state index in [1.54, 1.807) is 19.9 Å². The molecule has 1 N–H and O–H groups in total. The van der Waals surface area contributed by atoms with Gasteiger partial charge in [0.2, 0.25) is 5.39 Å². The van der Waals surface area contributed by atoms with Crippen LogP contribution in [-0.4, -0.2) is 11.1 Å². The molecular formula is C9H9N2O2+. The van der Waals surface area contributed by atoms with Crippen molar-refractivity contribution in [3.8, 4) is 0 Å². The van der Waals surface area contributed by atoms with Gasteiger partial charge in [0, 0.05) is 5.56 Å². The van der Waals surface area contributed by atoms with Crippen molar-refractivity contribution in [3.63, 3.8) is 0 Å². The van der Waals surface area contributed by atoms with Crippen LogP contribution in [0.1, 0.15) is 21.5 Å². The summed E-state index contributed by atoms with van der Waals surface area (Å²) in [4.78, 5) is 13.7. The number of rotatable bonds is 1. The first-order valence-electron chi connectivity index (χ1n) is 3.76. The van der Waals surface area contributed by atoms with Crippen molar-refractivity contribution in [1.82, 2.24) is 0 Å². The van der Waals surface area contributed by atoms with Gasteiger partial charge in [0.1, 0.15) is 0 Å². The first kappa shape index (κ1) is 9.20. The highest BCUT2D eigenvalue weighted by molar-refractivity contribution is 5.95. The molecule has 0 unspecified atom stereocenters. The summed E-state index contributed by atoms with van der Waals surface area (Å²) in [5, 5.41) is 17.4. The third kappa shape index (κ3) is 1.64. The van der Waals surface area contributed by atoms with E-state index in [1.807, 2.05) is 0 Å². The largest absolute Gasteiger partial charge is 0.477 e. The van der Waals surface area contributed by atoms with Gasteiger partial charge in [-0.2, -0.15) is 0 Å². The summed E-state index contributed by atoms with van der Waals surface area (Å²) < 4.78 is 0. The fourth-order valence-electron chi connectivity index (χ4n) is 1.26. The zero-order chi connectivity index (χ0) is 10.0. The fraction of sp³-hybridized carbons (Fsp3) is 0.222. The molecule has 0 spiro atoms. The summed E-state index contributed by atoms with van der Waals surface area (Å²) in [6.45, 7) is 3.50. The predicted octanol–water partition coefficient (Wildman–Crippen LogP) is 2.49. The van der Waals surface area contributed by atoms with Crippen LogP contribution in [0.4, 0.5) is 5.69 Å². The maximum Gasteiger partial charge on any atom is 0.402 e. The number of diazo groups is 1. The quantitative estimate of drug-likeness (QED) is 0.670. The van der Waals surface area contributed by atoms with E-state index in [-0.39, 0.29) is 11.3 Å². The minimum Gasteiger partial charge on any atom is -0.477 e. The average Bonchev–Trinajstić information content (AvgIpc) is 2.02. The van der Waals surface area contributed by atoms with Crippen LogP contribution >= 0.6 is 0 Å². The Balaban J connectivity index is 3.50. The lowest BCUT2D eigenvalue weighted by Gasteiger charge is -1.96. The van der Waals surface area contributed by atoms with Gasteiger partial charge < -0.3 is 5.11 Å². The van der Waals surface area contributed by atoms with Gasteiger partial charge in [-0.1, -0.05) is 0 Å². The third-order valence-electron chi connectivity index (χ3n) is 1.78. The molecule has 1 aromatic carbocycles. The molecule has 66 valence electrons. The first-order chi connectivity index (χ1) is 6.06. The molecule has 0 radical (unpaired) electrons. The summed E-state index contributed by atoms with van der Waals surface area (Å²) >= 11 is 0. The molecule has 0 aliphatic rings. The van der Waals surface area contributed by atoms with Gasteiger partial charge in [0.05, 0.1) is 0 Å². The monoisotopic (exact) mass is 177 g/mol. The smallest absolute Gasteiger partial charge is 0.402 e. The van der Waals surface area contributed by atoms with Gasteiger partial charge in [0.15, 0.2) is 10.5 Å². The molecule has 0 amide bonds. The van der Waals surface area contributed by atoms with Crippen molar-refractivity contribution in [2.45, 2.75) is 13.8 Å². The number of carboxylic acid groups (broad SMARTS) is 1. The van der Waals surface area contributed by atoms with Crippen LogP contribution in [0.15, 0.2) is 12.1 Å². The Labute approximate surface area is 75.4 Å². The van der Waals surface area contributed by atoms with Crippen LogP contribution in [0.2, 0.25) is 0 Å². The Morgan fingerprint density at radius 3 is 2.54 bits per heavy atom. The predicted molar refractivity (Wildman–Crippen MR) is 47.6 cm³/mol. The lowest BCUT2D eigenvalue weighted by atomic mass is 10.0. The van der Waals surface area contributed by atoms with Crippen molar-refractivity contribution < 1.29 is 9.90 Å². The molecule has 13 heavy (non-hydrogen) atoms. The maximum absolute atomic E-state index is 10.7. The molecule has 0 fully saturated rings. The van der Waals surface area contributed by atoms with Gasteiger partial charge in [-0.15, -0.1) is 0 Å². The summed E-state index contributed by atoms with van der Waals surface area (Å²) in [5.41, 5.74) is 1.64. The highest BCUT2D eigenvalue weighted by Gasteiger charge is 2.23. The number of carbonyl (C=O) groups is 1. The SMILES string of the molecule is Cc1cc(C)c([N+]#N)c(C(=O)O)c1.